The molecule has 0 unspecified atom stereocenters. The number of rotatable bonds is 6. The first-order chi connectivity index (χ1) is 13.5. The lowest BCUT2D eigenvalue weighted by Crippen LogP contribution is -2.01. The molecule has 0 aliphatic heterocycles. The number of hydrogen-bond donors (Lipinski definition) is 1. The summed E-state index contributed by atoms with van der Waals surface area (Å²) in [5.41, 5.74) is 9.90. The molecule has 28 heavy (non-hydrogen) atoms. The average molecular weight is 448 g/mol. The second-order valence-electron chi connectivity index (χ2n) is 6.01. The first-order valence-electron chi connectivity index (χ1n) is 8.40. The molecule has 0 aliphatic carbocycles. The summed E-state index contributed by atoms with van der Waals surface area (Å²) in [5.74, 6) is 2.37. The quantitative estimate of drug-likeness (QED) is 0.572. The van der Waals surface area contributed by atoms with Crippen molar-refractivity contribution >= 4 is 21.6 Å². The molecule has 0 saturated carbocycles. The Balaban J connectivity index is 2.27. The zero-order valence-corrected chi connectivity index (χ0v) is 18.0. The van der Waals surface area contributed by atoms with Crippen LogP contribution in [0.15, 0.2) is 35.1 Å². The maximum atomic E-state index is 6.24. The molecule has 8 heteroatoms. The molecule has 7 nitrogen and oxygen atoms in total. The van der Waals surface area contributed by atoms with E-state index in [0.29, 0.717) is 28.7 Å². The van der Waals surface area contributed by atoms with Gasteiger partial charge in [0, 0.05) is 18.2 Å². The van der Waals surface area contributed by atoms with Crippen LogP contribution in [0.4, 0.5) is 5.69 Å². The highest BCUT2D eigenvalue weighted by Crippen LogP contribution is 2.45. The molecule has 1 aromatic heterocycles. The van der Waals surface area contributed by atoms with Crippen LogP contribution in [-0.2, 0) is 7.05 Å². The summed E-state index contributed by atoms with van der Waals surface area (Å²) in [7, 11) is 8.28. The van der Waals surface area contributed by atoms with Gasteiger partial charge in [0.1, 0.15) is 27.4 Å². The predicted molar refractivity (Wildman–Crippen MR) is 112 cm³/mol. The van der Waals surface area contributed by atoms with Crippen molar-refractivity contribution in [1.29, 1.82) is 0 Å². The van der Waals surface area contributed by atoms with Crippen molar-refractivity contribution in [2.75, 3.05) is 34.2 Å². The normalized spacial score (nSPS) is 10.6. The second-order valence-corrected chi connectivity index (χ2v) is 6.80. The first kappa shape index (κ1) is 19.9. The van der Waals surface area contributed by atoms with E-state index < -0.39 is 0 Å². The molecule has 2 N–H and O–H groups in total. The van der Waals surface area contributed by atoms with Gasteiger partial charge in [0.2, 0.25) is 0 Å². The molecule has 0 spiro atoms. The van der Waals surface area contributed by atoms with Crippen LogP contribution >= 0.6 is 15.9 Å². The number of imidazole rings is 1. The van der Waals surface area contributed by atoms with Gasteiger partial charge in [-0.25, -0.2) is 4.98 Å². The molecule has 0 aliphatic rings. The number of ether oxygens (including phenoxy) is 4. The van der Waals surface area contributed by atoms with Crippen molar-refractivity contribution in [3.8, 4) is 45.5 Å². The second kappa shape index (κ2) is 8.02. The Morgan fingerprint density at radius 2 is 1.54 bits per heavy atom. The maximum Gasteiger partial charge on any atom is 0.154 e. The van der Waals surface area contributed by atoms with E-state index in [-0.39, 0.29) is 0 Å². The van der Waals surface area contributed by atoms with Gasteiger partial charge in [-0.3, -0.25) is 0 Å². The summed E-state index contributed by atoms with van der Waals surface area (Å²) < 4.78 is 24.5. The van der Waals surface area contributed by atoms with Crippen LogP contribution in [0.1, 0.15) is 0 Å². The molecular formula is C20H22BrN3O4. The Bertz CT molecular complexity index is 992. The fourth-order valence-corrected chi connectivity index (χ4v) is 3.68. The van der Waals surface area contributed by atoms with Crippen LogP contribution < -0.4 is 24.7 Å². The number of nitrogens with two attached hydrogens (primary N) is 1. The number of nitrogen functional groups attached to an aromatic ring is 1. The highest BCUT2D eigenvalue weighted by atomic mass is 79.9. The van der Waals surface area contributed by atoms with Crippen molar-refractivity contribution in [3.05, 3.63) is 35.1 Å². The zero-order chi connectivity index (χ0) is 20.4. The van der Waals surface area contributed by atoms with E-state index in [4.69, 9.17) is 24.7 Å². The van der Waals surface area contributed by atoms with E-state index in [0.717, 1.165) is 27.0 Å². The minimum atomic E-state index is 0.431. The standard InChI is InChI=1S/C20H22BrN3O4/c1-24-10-23-18(11-8-14(26-3)16(21)15(9-11)27-4)19(24)12-6-7-13(25-2)17(22)20(12)28-5/h6-10H,22H2,1-5H3. The topological polar surface area (TPSA) is 80.8 Å². The fourth-order valence-electron chi connectivity index (χ4n) is 3.13. The summed E-state index contributed by atoms with van der Waals surface area (Å²) >= 11 is 3.50. The van der Waals surface area contributed by atoms with Crippen molar-refractivity contribution in [2.24, 2.45) is 7.05 Å². The van der Waals surface area contributed by atoms with Crippen LogP contribution in [0.3, 0.4) is 0 Å². The van der Waals surface area contributed by atoms with Gasteiger partial charge in [0.05, 0.1) is 46.2 Å². The monoisotopic (exact) mass is 447 g/mol. The van der Waals surface area contributed by atoms with E-state index in [9.17, 15) is 0 Å². The van der Waals surface area contributed by atoms with Gasteiger partial charge in [-0.1, -0.05) is 0 Å². The Morgan fingerprint density at radius 1 is 0.929 bits per heavy atom. The lowest BCUT2D eigenvalue weighted by Gasteiger charge is -2.16. The lowest BCUT2D eigenvalue weighted by molar-refractivity contribution is 0.390. The third-order valence-corrected chi connectivity index (χ3v) is 5.27. The number of aryl methyl sites for hydroxylation is 1. The summed E-state index contributed by atoms with van der Waals surface area (Å²) in [4.78, 5) is 4.60. The molecular weight excluding hydrogens is 426 g/mol. The van der Waals surface area contributed by atoms with E-state index in [2.05, 4.69) is 20.9 Å². The Hall–Kier alpha value is -2.87. The minimum absolute atomic E-state index is 0.431. The van der Waals surface area contributed by atoms with Crippen LogP contribution in [-0.4, -0.2) is 38.0 Å². The number of benzene rings is 2. The molecule has 0 fully saturated rings. The Labute approximate surface area is 172 Å². The van der Waals surface area contributed by atoms with Crippen molar-refractivity contribution in [1.82, 2.24) is 9.55 Å². The molecule has 0 bridgehead atoms. The van der Waals surface area contributed by atoms with Gasteiger partial charge >= 0.3 is 0 Å². The predicted octanol–water partition coefficient (Wildman–Crippen LogP) is 4.13. The summed E-state index contributed by atoms with van der Waals surface area (Å²) in [5, 5.41) is 0. The maximum absolute atomic E-state index is 6.24. The van der Waals surface area contributed by atoms with Crippen LogP contribution in [0.25, 0.3) is 22.5 Å². The molecule has 3 rings (SSSR count). The molecule has 0 atom stereocenters. The molecule has 2 aromatic carbocycles. The molecule has 0 amide bonds. The van der Waals surface area contributed by atoms with E-state index in [1.165, 1.54) is 0 Å². The Kier molecular flexibility index (Phi) is 5.69. The summed E-state index contributed by atoms with van der Waals surface area (Å²) in [6.45, 7) is 0. The first-order valence-corrected chi connectivity index (χ1v) is 9.20. The molecule has 1 heterocycles. The average Bonchev–Trinajstić information content (AvgIpc) is 3.09. The number of anilines is 1. The molecule has 0 radical (unpaired) electrons. The molecule has 0 saturated heterocycles. The van der Waals surface area contributed by atoms with E-state index >= 15 is 0 Å². The third-order valence-electron chi connectivity index (χ3n) is 4.49. The molecule has 3 aromatic rings. The number of methoxy groups -OCH3 is 4. The van der Waals surface area contributed by atoms with Gasteiger partial charge in [-0.2, -0.15) is 0 Å². The van der Waals surface area contributed by atoms with E-state index in [1.807, 2.05) is 35.9 Å². The highest BCUT2D eigenvalue weighted by Gasteiger charge is 2.22. The third kappa shape index (κ3) is 3.24. The van der Waals surface area contributed by atoms with Gasteiger partial charge < -0.3 is 29.2 Å². The fraction of sp³-hybridized carbons (Fsp3) is 0.250. The van der Waals surface area contributed by atoms with Crippen LogP contribution in [0, 0.1) is 0 Å². The van der Waals surface area contributed by atoms with Gasteiger partial charge in [0.25, 0.3) is 0 Å². The minimum Gasteiger partial charge on any atom is -0.495 e. The summed E-state index contributed by atoms with van der Waals surface area (Å²) in [6.07, 6.45) is 1.74. The largest absolute Gasteiger partial charge is 0.495 e. The highest BCUT2D eigenvalue weighted by molar-refractivity contribution is 9.10. The lowest BCUT2D eigenvalue weighted by atomic mass is 10.0. The number of halogens is 1. The number of nitrogens with zero attached hydrogens (tertiary/aromatic N) is 2. The van der Waals surface area contributed by atoms with Gasteiger partial charge in [-0.05, 0) is 40.2 Å². The van der Waals surface area contributed by atoms with Crippen molar-refractivity contribution < 1.29 is 18.9 Å². The number of aromatic nitrogens is 2. The molecule has 148 valence electrons. The van der Waals surface area contributed by atoms with E-state index in [1.54, 1.807) is 34.8 Å². The van der Waals surface area contributed by atoms with Crippen molar-refractivity contribution in [2.45, 2.75) is 0 Å². The Morgan fingerprint density at radius 3 is 2.07 bits per heavy atom. The van der Waals surface area contributed by atoms with Crippen LogP contribution in [0.2, 0.25) is 0 Å². The van der Waals surface area contributed by atoms with Crippen molar-refractivity contribution in [3.63, 3.8) is 0 Å². The smallest absolute Gasteiger partial charge is 0.154 e. The number of hydrogen-bond acceptors (Lipinski definition) is 6. The summed E-state index contributed by atoms with van der Waals surface area (Å²) in [6, 6.07) is 7.52. The van der Waals surface area contributed by atoms with Gasteiger partial charge in [-0.15, -0.1) is 0 Å². The zero-order valence-electron chi connectivity index (χ0n) is 16.4. The van der Waals surface area contributed by atoms with Crippen LogP contribution in [0.5, 0.6) is 23.0 Å². The SMILES string of the molecule is COc1ccc(-c2c(-c3cc(OC)c(Br)c(OC)c3)ncn2C)c(OC)c1N. The van der Waals surface area contributed by atoms with Gasteiger partial charge in [0.15, 0.2) is 5.75 Å².